The smallest absolute Gasteiger partial charge is 0.325 e. The largest absolute Gasteiger partial charge is 0.348 e. The Kier molecular flexibility index (Phi) is 5.70. The maximum absolute atomic E-state index is 12.2. The van der Waals surface area contributed by atoms with Crippen LogP contribution in [0.1, 0.15) is 5.56 Å². The van der Waals surface area contributed by atoms with Crippen LogP contribution in [0.5, 0.6) is 0 Å². The minimum atomic E-state index is -0.426. The standard InChI is InChI=1S/C17H14Cl2N4O2S/c1-10-4-2-3-5-14(10)20-15(24)9-26-17-22-21-16(25)23(17)11-6-7-12(18)13(19)8-11/h2-8H,9H2,1H3,(H,20,24)(H,21,25). The van der Waals surface area contributed by atoms with E-state index in [1.54, 1.807) is 18.2 Å². The normalized spacial score (nSPS) is 10.7. The molecule has 0 aliphatic rings. The number of thioether (sulfide) groups is 1. The average Bonchev–Trinajstić information content (AvgIpc) is 2.98. The van der Waals surface area contributed by atoms with Crippen LogP contribution in [0, 0.1) is 6.92 Å². The van der Waals surface area contributed by atoms with Gasteiger partial charge in [0.1, 0.15) is 0 Å². The molecule has 0 unspecified atom stereocenters. The SMILES string of the molecule is Cc1ccccc1NC(=O)CSc1n[nH]c(=O)n1-c1ccc(Cl)c(Cl)c1. The number of para-hydroxylation sites is 1. The summed E-state index contributed by atoms with van der Waals surface area (Å²) in [6, 6.07) is 12.3. The van der Waals surface area contributed by atoms with E-state index in [1.165, 1.54) is 4.57 Å². The maximum Gasteiger partial charge on any atom is 0.348 e. The molecule has 0 spiro atoms. The maximum atomic E-state index is 12.2. The lowest BCUT2D eigenvalue weighted by molar-refractivity contribution is -0.113. The fraction of sp³-hybridized carbons (Fsp3) is 0.118. The summed E-state index contributed by atoms with van der Waals surface area (Å²) < 4.78 is 1.34. The van der Waals surface area contributed by atoms with Crippen LogP contribution in [-0.2, 0) is 4.79 Å². The lowest BCUT2D eigenvalue weighted by atomic mass is 10.2. The zero-order valence-corrected chi connectivity index (χ0v) is 16.0. The van der Waals surface area contributed by atoms with Crippen LogP contribution >= 0.6 is 35.0 Å². The van der Waals surface area contributed by atoms with Crippen molar-refractivity contribution in [2.45, 2.75) is 12.1 Å². The highest BCUT2D eigenvalue weighted by Crippen LogP contribution is 2.26. The summed E-state index contributed by atoms with van der Waals surface area (Å²) in [7, 11) is 0. The number of benzene rings is 2. The van der Waals surface area contributed by atoms with Gasteiger partial charge in [0.15, 0.2) is 5.16 Å². The molecule has 0 aliphatic carbocycles. The minimum Gasteiger partial charge on any atom is -0.325 e. The number of nitrogens with one attached hydrogen (secondary N) is 2. The highest BCUT2D eigenvalue weighted by molar-refractivity contribution is 7.99. The van der Waals surface area contributed by atoms with Crippen LogP contribution in [0.25, 0.3) is 5.69 Å². The van der Waals surface area contributed by atoms with Gasteiger partial charge in [0.25, 0.3) is 0 Å². The summed E-state index contributed by atoms with van der Waals surface area (Å²) in [4.78, 5) is 24.3. The highest BCUT2D eigenvalue weighted by Gasteiger charge is 2.14. The molecule has 0 radical (unpaired) electrons. The van der Waals surface area contributed by atoms with Crippen LogP contribution in [0.2, 0.25) is 10.0 Å². The molecular formula is C17H14Cl2N4O2S. The molecule has 0 bridgehead atoms. The van der Waals surface area contributed by atoms with Gasteiger partial charge in [-0.2, -0.15) is 0 Å². The molecule has 1 aromatic heterocycles. The van der Waals surface area contributed by atoms with E-state index >= 15 is 0 Å². The molecule has 26 heavy (non-hydrogen) atoms. The molecule has 3 rings (SSSR count). The molecule has 9 heteroatoms. The molecular weight excluding hydrogens is 395 g/mol. The van der Waals surface area contributed by atoms with Crippen molar-refractivity contribution in [1.29, 1.82) is 0 Å². The minimum absolute atomic E-state index is 0.0972. The van der Waals surface area contributed by atoms with Gasteiger partial charge in [0, 0.05) is 5.69 Å². The number of nitrogens with zero attached hydrogens (tertiary/aromatic N) is 2. The van der Waals surface area contributed by atoms with E-state index in [1.807, 2.05) is 31.2 Å². The lowest BCUT2D eigenvalue weighted by Crippen LogP contribution is -2.17. The molecule has 1 heterocycles. The number of rotatable bonds is 5. The highest BCUT2D eigenvalue weighted by atomic mass is 35.5. The van der Waals surface area contributed by atoms with Gasteiger partial charge in [-0.25, -0.2) is 14.5 Å². The fourth-order valence-electron chi connectivity index (χ4n) is 2.26. The van der Waals surface area contributed by atoms with Gasteiger partial charge in [-0.15, -0.1) is 5.10 Å². The topological polar surface area (TPSA) is 79.8 Å². The number of carbonyl (C=O) groups excluding carboxylic acids is 1. The van der Waals surface area contributed by atoms with E-state index in [9.17, 15) is 9.59 Å². The monoisotopic (exact) mass is 408 g/mol. The van der Waals surface area contributed by atoms with Crippen molar-refractivity contribution in [2.24, 2.45) is 0 Å². The Morgan fingerprint density at radius 1 is 1.23 bits per heavy atom. The molecule has 2 N–H and O–H groups in total. The number of hydrogen-bond donors (Lipinski definition) is 2. The number of H-pyrrole nitrogens is 1. The van der Waals surface area contributed by atoms with Crippen LogP contribution in [0.4, 0.5) is 5.69 Å². The summed E-state index contributed by atoms with van der Waals surface area (Å²) in [5.74, 6) is -0.0969. The van der Waals surface area contributed by atoms with E-state index in [0.29, 0.717) is 20.9 Å². The van der Waals surface area contributed by atoms with Crippen molar-refractivity contribution >= 4 is 46.6 Å². The number of aryl methyl sites for hydroxylation is 1. The van der Waals surface area contributed by atoms with Crippen molar-refractivity contribution < 1.29 is 4.79 Å². The third-order valence-corrected chi connectivity index (χ3v) is 5.23. The second kappa shape index (κ2) is 7.99. The second-order valence-corrected chi connectivity index (χ2v) is 7.15. The molecule has 0 aliphatic heterocycles. The van der Waals surface area contributed by atoms with Gasteiger partial charge < -0.3 is 5.32 Å². The summed E-state index contributed by atoms with van der Waals surface area (Å²) >= 11 is 13.1. The van der Waals surface area contributed by atoms with E-state index in [2.05, 4.69) is 15.5 Å². The third-order valence-electron chi connectivity index (χ3n) is 3.55. The first kappa shape index (κ1) is 18.6. The summed E-state index contributed by atoms with van der Waals surface area (Å²) in [6.07, 6.45) is 0. The predicted octanol–water partition coefficient (Wildman–Crippen LogP) is 3.91. The molecule has 0 atom stereocenters. The molecule has 3 aromatic rings. The Morgan fingerprint density at radius 2 is 2.00 bits per heavy atom. The Labute approximate surface area is 163 Å². The van der Waals surface area contributed by atoms with Gasteiger partial charge in [0.05, 0.1) is 21.5 Å². The van der Waals surface area contributed by atoms with Gasteiger partial charge in [-0.3, -0.25) is 4.79 Å². The lowest BCUT2D eigenvalue weighted by Gasteiger charge is -2.08. The van der Waals surface area contributed by atoms with Gasteiger partial charge >= 0.3 is 5.69 Å². The van der Waals surface area contributed by atoms with E-state index in [-0.39, 0.29) is 11.7 Å². The van der Waals surface area contributed by atoms with E-state index in [4.69, 9.17) is 23.2 Å². The summed E-state index contributed by atoms with van der Waals surface area (Å²) in [6.45, 7) is 1.92. The van der Waals surface area contributed by atoms with Crippen molar-refractivity contribution in [1.82, 2.24) is 14.8 Å². The van der Waals surface area contributed by atoms with Crippen LogP contribution < -0.4 is 11.0 Å². The van der Waals surface area contributed by atoms with Crippen molar-refractivity contribution in [3.8, 4) is 5.69 Å². The van der Waals surface area contributed by atoms with Crippen molar-refractivity contribution in [3.05, 3.63) is 68.6 Å². The summed E-state index contributed by atoms with van der Waals surface area (Å²) in [5, 5.41) is 10.3. The Morgan fingerprint density at radius 3 is 2.73 bits per heavy atom. The number of halogens is 2. The molecule has 0 saturated heterocycles. The second-order valence-electron chi connectivity index (χ2n) is 5.40. The van der Waals surface area contributed by atoms with Crippen molar-refractivity contribution in [2.75, 3.05) is 11.1 Å². The number of carbonyl (C=O) groups is 1. The van der Waals surface area contributed by atoms with E-state index < -0.39 is 5.69 Å². The first-order valence-corrected chi connectivity index (χ1v) is 9.31. The number of hydrogen-bond acceptors (Lipinski definition) is 4. The molecule has 0 fully saturated rings. The van der Waals surface area contributed by atoms with Crippen LogP contribution in [0.3, 0.4) is 0 Å². The van der Waals surface area contributed by atoms with Gasteiger partial charge in [-0.1, -0.05) is 53.2 Å². The number of aromatic amines is 1. The molecule has 0 saturated carbocycles. The van der Waals surface area contributed by atoms with Crippen LogP contribution in [-0.4, -0.2) is 26.4 Å². The van der Waals surface area contributed by atoms with Gasteiger partial charge in [0.2, 0.25) is 5.91 Å². The number of aromatic nitrogens is 3. The Balaban J connectivity index is 1.75. The number of anilines is 1. The average molecular weight is 409 g/mol. The first-order chi connectivity index (χ1) is 12.5. The summed E-state index contributed by atoms with van der Waals surface area (Å²) in [5.41, 5.74) is 1.81. The van der Waals surface area contributed by atoms with Gasteiger partial charge in [-0.05, 0) is 36.8 Å². The molecule has 1 amide bonds. The Hall–Kier alpha value is -2.22. The van der Waals surface area contributed by atoms with Crippen molar-refractivity contribution in [3.63, 3.8) is 0 Å². The zero-order chi connectivity index (χ0) is 18.7. The molecule has 134 valence electrons. The first-order valence-electron chi connectivity index (χ1n) is 7.57. The van der Waals surface area contributed by atoms with E-state index in [0.717, 1.165) is 23.0 Å². The van der Waals surface area contributed by atoms with Crippen LogP contribution in [0.15, 0.2) is 52.4 Å². The molecule has 6 nitrogen and oxygen atoms in total. The number of amides is 1. The fourth-order valence-corrected chi connectivity index (χ4v) is 3.31. The Bertz CT molecular complexity index is 1020. The quantitative estimate of drug-likeness (QED) is 0.627. The zero-order valence-electron chi connectivity index (χ0n) is 13.6. The molecule has 2 aromatic carbocycles. The third kappa shape index (κ3) is 4.12. The predicted molar refractivity (Wildman–Crippen MR) is 105 cm³/mol.